The molecule has 0 N–H and O–H groups in total. The van der Waals surface area contributed by atoms with Gasteiger partial charge in [0, 0.05) is 5.56 Å². The first-order valence-corrected chi connectivity index (χ1v) is 6.09. The van der Waals surface area contributed by atoms with Crippen LogP contribution >= 0.6 is 0 Å². The van der Waals surface area contributed by atoms with Gasteiger partial charge in [0.25, 0.3) is 0 Å². The zero-order valence-corrected chi connectivity index (χ0v) is 10.2. The minimum atomic E-state index is -0.282. The molecule has 0 unspecified atom stereocenters. The minimum absolute atomic E-state index is 0.282. The largest absolute Gasteiger partial charge is 0.422 e. The molecule has 0 saturated heterocycles. The zero-order valence-electron chi connectivity index (χ0n) is 10.2. The first-order valence-electron chi connectivity index (χ1n) is 6.09. The Morgan fingerprint density at radius 3 is 2.32 bits per heavy atom. The van der Waals surface area contributed by atoms with Gasteiger partial charge in [-0.3, -0.25) is 0 Å². The fourth-order valence-corrected chi connectivity index (χ4v) is 2.02. The van der Waals surface area contributed by atoms with Crippen molar-refractivity contribution in [1.82, 2.24) is 0 Å². The van der Waals surface area contributed by atoms with Crippen molar-refractivity contribution in [3.05, 3.63) is 83.4 Å². The van der Waals surface area contributed by atoms with Crippen LogP contribution < -0.4 is 0 Å². The van der Waals surface area contributed by atoms with Gasteiger partial charge < -0.3 is 4.74 Å². The molecule has 0 radical (unpaired) electrons. The van der Waals surface area contributed by atoms with E-state index in [1.54, 1.807) is 6.07 Å². The van der Waals surface area contributed by atoms with Crippen LogP contribution in [0.3, 0.4) is 0 Å². The molecule has 0 fully saturated rings. The number of fused-ring (bicyclic) bond motifs is 1. The van der Waals surface area contributed by atoms with E-state index in [1.807, 2.05) is 66.8 Å². The third-order valence-corrected chi connectivity index (χ3v) is 2.95. The maximum Gasteiger partial charge on any atom is 0.344 e. The lowest BCUT2D eigenvalue weighted by atomic mass is 10.1. The van der Waals surface area contributed by atoms with Gasteiger partial charge >= 0.3 is 5.97 Å². The SMILES string of the molecule is O=C1OC(=CC=Cc2ccccc2)c2ccccc21. The number of carbonyl (C=O) groups excluding carboxylic acids is 1. The van der Waals surface area contributed by atoms with Crippen molar-refractivity contribution in [2.24, 2.45) is 0 Å². The number of allylic oxidation sites excluding steroid dienone is 2. The highest BCUT2D eigenvalue weighted by Crippen LogP contribution is 2.29. The molecular formula is C17H12O2. The molecule has 2 nitrogen and oxygen atoms in total. The zero-order chi connectivity index (χ0) is 13.1. The molecule has 2 aromatic rings. The van der Waals surface area contributed by atoms with E-state index in [-0.39, 0.29) is 5.97 Å². The van der Waals surface area contributed by atoms with Gasteiger partial charge in [0.1, 0.15) is 5.76 Å². The van der Waals surface area contributed by atoms with E-state index >= 15 is 0 Å². The van der Waals surface area contributed by atoms with Crippen molar-refractivity contribution >= 4 is 17.8 Å². The number of hydrogen-bond donors (Lipinski definition) is 0. The number of cyclic esters (lactones) is 1. The van der Waals surface area contributed by atoms with E-state index in [1.165, 1.54) is 0 Å². The molecule has 1 heterocycles. The van der Waals surface area contributed by atoms with Crippen LogP contribution in [0, 0.1) is 0 Å². The van der Waals surface area contributed by atoms with Crippen LogP contribution in [0.25, 0.3) is 11.8 Å². The van der Waals surface area contributed by atoms with Crippen molar-refractivity contribution in [2.75, 3.05) is 0 Å². The van der Waals surface area contributed by atoms with Gasteiger partial charge in [0.05, 0.1) is 5.56 Å². The number of carbonyl (C=O) groups is 1. The molecule has 2 aromatic carbocycles. The predicted molar refractivity (Wildman–Crippen MR) is 75.3 cm³/mol. The highest BCUT2D eigenvalue weighted by Gasteiger charge is 2.24. The van der Waals surface area contributed by atoms with Crippen LogP contribution in [0.1, 0.15) is 21.5 Å². The van der Waals surface area contributed by atoms with Crippen molar-refractivity contribution in [2.45, 2.75) is 0 Å². The van der Waals surface area contributed by atoms with Crippen molar-refractivity contribution in [1.29, 1.82) is 0 Å². The Labute approximate surface area is 111 Å². The smallest absolute Gasteiger partial charge is 0.344 e. The Morgan fingerprint density at radius 1 is 0.842 bits per heavy atom. The predicted octanol–water partition coefficient (Wildman–Crippen LogP) is 3.91. The topological polar surface area (TPSA) is 26.3 Å². The molecule has 92 valence electrons. The summed E-state index contributed by atoms with van der Waals surface area (Å²) in [6.07, 6.45) is 5.68. The molecule has 0 saturated carbocycles. The second-order valence-corrected chi connectivity index (χ2v) is 4.24. The van der Waals surface area contributed by atoms with Crippen LogP contribution in [0.15, 0.2) is 66.7 Å². The number of rotatable bonds is 2. The quantitative estimate of drug-likeness (QED) is 0.753. The molecule has 2 heteroatoms. The number of ether oxygens (including phenoxy) is 1. The van der Waals surface area contributed by atoms with Crippen LogP contribution in [0.4, 0.5) is 0 Å². The molecule has 0 aliphatic carbocycles. The summed E-state index contributed by atoms with van der Waals surface area (Å²) in [5.41, 5.74) is 2.59. The molecule has 0 amide bonds. The molecule has 0 bridgehead atoms. The number of benzene rings is 2. The third kappa shape index (κ3) is 2.33. The molecular weight excluding hydrogens is 236 g/mol. The lowest BCUT2D eigenvalue weighted by Crippen LogP contribution is -1.92. The Hall–Kier alpha value is -2.61. The maximum absolute atomic E-state index is 11.6. The second kappa shape index (κ2) is 4.94. The highest BCUT2D eigenvalue weighted by atomic mass is 16.5. The van der Waals surface area contributed by atoms with Crippen LogP contribution in [-0.2, 0) is 4.74 Å². The summed E-state index contributed by atoms with van der Waals surface area (Å²) in [4.78, 5) is 11.6. The van der Waals surface area contributed by atoms with Gasteiger partial charge in [-0.15, -0.1) is 0 Å². The molecule has 3 rings (SSSR count). The Balaban J connectivity index is 1.87. The summed E-state index contributed by atoms with van der Waals surface area (Å²) in [5.74, 6) is 0.322. The highest BCUT2D eigenvalue weighted by molar-refractivity contribution is 6.03. The molecule has 1 aliphatic rings. The normalized spacial score (nSPS) is 15.8. The van der Waals surface area contributed by atoms with Gasteiger partial charge in [0.2, 0.25) is 0 Å². The third-order valence-electron chi connectivity index (χ3n) is 2.95. The number of hydrogen-bond acceptors (Lipinski definition) is 2. The Morgan fingerprint density at radius 2 is 1.53 bits per heavy atom. The van der Waals surface area contributed by atoms with E-state index in [4.69, 9.17) is 4.74 Å². The summed E-state index contributed by atoms with van der Waals surface area (Å²) >= 11 is 0. The van der Waals surface area contributed by atoms with Gasteiger partial charge in [0.15, 0.2) is 0 Å². The van der Waals surface area contributed by atoms with Crippen LogP contribution in [0.2, 0.25) is 0 Å². The average molecular weight is 248 g/mol. The second-order valence-electron chi connectivity index (χ2n) is 4.24. The molecule has 0 spiro atoms. The summed E-state index contributed by atoms with van der Waals surface area (Å²) in [5, 5.41) is 0. The summed E-state index contributed by atoms with van der Waals surface area (Å²) in [6.45, 7) is 0. The summed E-state index contributed by atoms with van der Waals surface area (Å²) in [6, 6.07) is 17.4. The minimum Gasteiger partial charge on any atom is -0.422 e. The standard InChI is InChI=1S/C17H12O2/c18-17-15-11-5-4-10-14(15)16(19-17)12-6-9-13-7-2-1-3-8-13/h1-12H. The maximum atomic E-state index is 11.6. The number of esters is 1. The van der Waals surface area contributed by atoms with E-state index in [9.17, 15) is 4.79 Å². The first-order chi connectivity index (χ1) is 9.34. The van der Waals surface area contributed by atoms with E-state index in [0.717, 1.165) is 11.1 Å². The van der Waals surface area contributed by atoms with Gasteiger partial charge in [-0.2, -0.15) is 0 Å². The monoisotopic (exact) mass is 248 g/mol. The lowest BCUT2D eigenvalue weighted by molar-refractivity contribution is 0.0716. The average Bonchev–Trinajstić information content (AvgIpc) is 2.78. The van der Waals surface area contributed by atoms with Crippen molar-refractivity contribution < 1.29 is 9.53 Å². The fraction of sp³-hybridized carbons (Fsp3) is 0. The van der Waals surface area contributed by atoms with Crippen molar-refractivity contribution in [3.63, 3.8) is 0 Å². The molecule has 0 atom stereocenters. The summed E-state index contributed by atoms with van der Waals surface area (Å²) in [7, 11) is 0. The van der Waals surface area contributed by atoms with Gasteiger partial charge in [-0.05, 0) is 17.7 Å². The van der Waals surface area contributed by atoms with E-state index in [0.29, 0.717) is 11.3 Å². The molecule has 19 heavy (non-hydrogen) atoms. The van der Waals surface area contributed by atoms with E-state index < -0.39 is 0 Å². The Kier molecular flexibility index (Phi) is 2.99. The van der Waals surface area contributed by atoms with Crippen LogP contribution in [0.5, 0.6) is 0 Å². The summed E-state index contributed by atoms with van der Waals surface area (Å²) < 4.78 is 5.24. The first kappa shape index (κ1) is 11.5. The van der Waals surface area contributed by atoms with Gasteiger partial charge in [-0.25, -0.2) is 4.79 Å². The van der Waals surface area contributed by atoms with Crippen LogP contribution in [-0.4, -0.2) is 5.97 Å². The van der Waals surface area contributed by atoms with E-state index in [2.05, 4.69) is 0 Å². The fourth-order valence-electron chi connectivity index (χ4n) is 2.02. The molecule has 1 aliphatic heterocycles. The lowest BCUT2D eigenvalue weighted by Gasteiger charge is -1.95. The molecule has 0 aromatic heterocycles. The van der Waals surface area contributed by atoms with Crippen molar-refractivity contribution in [3.8, 4) is 0 Å². The van der Waals surface area contributed by atoms with Gasteiger partial charge in [-0.1, -0.05) is 60.7 Å². The Bertz CT molecular complexity index is 667.